The fourth-order valence-electron chi connectivity index (χ4n) is 8.94. The number of unbranched alkanes of at least 4 members (excludes halogenated alkanes) is 28. The molecule has 0 spiro atoms. The van der Waals surface area contributed by atoms with Gasteiger partial charge in [-0.15, -0.1) is 0 Å². The predicted octanol–water partition coefficient (Wildman–Crippen LogP) is 10.7. The second-order valence-electron chi connectivity index (χ2n) is 19.5. The zero-order chi connectivity index (χ0) is 48.3. The van der Waals surface area contributed by atoms with E-state index in [2.05, 4.69) is 32.6 Å². The highest BCUT2D eigenvalue weighted by Crippen LogP contribution is 2.15. The lowest BCUT2D eigenvalue weighted by atomic mass is 10.1. The van der Waals surface area contributed by atoms with E-state index >= 15 is 0 Å². The van der Waals surface area contributed by atoms with Crippen molar-refractivity contribution in [1.82, 2.24) is 24.5 Å². The number of rotatable bonds is 46. The minimum Gasteiger partial charge on any atom is -0.379 e. The van der Waals surface area contributed by atoms with Crippen molar-refractivity contribution < 1.29 is 28.7 Å². The van der Waals surface area contributed by atoms with Gasteiger partial charge in [0, 0.05) is 39.3 Å². The van der Waals surface area contributed by atoms with E-state index in [0.29, 0.717) is 52.5 Å². The van der Waals surface area contributed by atoms with Gasteiger partial charge in [0.2, 0.25) is 29.5 Å². The molecule has 2 N–H and O–H groups in total. The van der Waals surface area contributed by atoms with E-state index in [1.54, 1.807) is 14.7 Å². The molecule has 12 heteroatoms. The smallest absolute Gasteiger partial charge is 0.242 e. The number of carbonyl (C=O) groups excluding carboxylic acids is 5. The van der Waals surface area contributed by atoms with Crippen LogP contribution in [0.5, 0.6) is 0 Å². The number of hydrogen-bond donors (Lipinski definition) is 1. The largest absolute Gasteiger partial charge is 0.379 e. The molecule has 0 saturated carbocycles. The number of primary amides is 1. The van der Waals surface area contributed by atoms with E-state index in [-0.39, 0.29) is 56.4 Å². The summed E-state index contributed by atoms with van der Waals surface area (Å²) in [6.45, 7) is 12.9. The predicted molar refractivity (Wildman–Crippen MR) is 273 cm³/mol. The van der Waals surface area contributed by atoms with E-state index in [9.17, 15) is 24.0 Å². The average Bonchev–Trinajstić information content (AvgIpc) is 3.30. The second-order valence-corrected chi connectivity index (χ2v) is 19.5. The van der Waals surface area contributed by atoms with Crippen LogP contribution in [0.4, 0.5) is 0 Å². The van der Waals surface area contributed by atoms with E-state index in [0.717, 1.165) is 96.3 Å². The lowest BCUT2D eigenvalue weighted by Crippen LogP contribution is -2.51. The van der Waals surface area contributed by atoms with Crippen LogP contribution in [0.2, 0.25) is 0 Å². The third kappa shape index (κ3) is 33.7. The maximum Gasteiger partial charge on any atom is 0.242 e. The van der Waals surface area contributed by atoms with Crippen molar-refractivity contribution in [2.24, 2.45) is 5.73 Å². The summed E-state index contributed by atoms with van der Waals surface area (Å²) in [5.74, 6) is -1.38. The van der Waals surface area contributed by atoms with Gasteiger partial charge < -0.3 is 30.1 Å². The van der Waals surface area contributed by atoms with Crippen LogP contribution >= 0.6 is 0 Å². The van der Waals surface area contributed by atoms with Crippen molar-refractivity contribution in [2.45, 2.75) is 233 Å². The van der Waals surface area contributed by atoms with E-state index in [1.807, 2.05) is 0 Å². The zero-order valence-electron chi connectivity index (χ0n) is 43.6. The molecular formula is C54H104N6O6. The number of carbonyl (C=O) groups is 5. The molecule has 1 aliphatic heterocycles. The van der Waals surface area contributed by atoms with E-state index in [4.69, 9.17) is 10.5 Å². The van der Waals surface area contributed by atoms with Crippen LogP contribution in [0, 0.1) is 0 Å². The van der Waals surface area contributed by atoms with Crippen molar-refractivity contribution in [1.29, 1.82) is 0 Å². The zero-order valence-corrected chi connectivity index (χ0v) is 43.6. The molecule has 1 rings (SSSR count). The molecule has 386 valence electrons. The summed E-state index contributed by atoms with van der Waals surface area (Å²) in [7, 11) is 0. The van der Waals surface area contributed by atoms with Gasteiger partial charge >= 0.3 is 0 Å². The number of amides is 5. The van der Waals surface area contributed by atoms with Crippen LogP contribution in [0.3, 0.4) is 0 Å². The number of nitrogens with two attached hydrogens (primary N) is 1. The molecule has 0 aliphatic carbocycles. The minimum absolute atomic E-state index is 0.0560. The molecule has 1 fully saturated rings. The van der Waals surface area contributed by atoms with Gasteiger partial charge in [0.15, 0.2) is 0 Å². The Morgan fingerprint density at radius 1 is 0.364 bits per heavy atom. The standard InChI is InChI=1S/C54H104N6O6/c1-5-9-13-17-21-25-29-33-37-57(45-50(55)61)52(63)47-59(39-35-31-27-23-19-15-11-7-3)54(65)49-60(40-36-32-28-24-20-16-12-8-4)53(64)48-58(38-34-30-26-22-18-14-10-6-2)51(62)46-56-41-43-66-44-42-56/h5-49H2,1-4H3,(H2,55,61). The monoisotopic (exact) mass is 933 g/mol. The minimum atomic E-state index is -0.564. The Labute approximate surface area is 405 Å². The summed E-state index contributed by atoms with van der Waals surface area (Å²) in [5.41, 5.74) is 5.66. The second kappa shape index (κ2) is 43.5. The highest BCUT2D eigenvalue weighted by molar-refractivity contribution is 5.91. The highest BCUT2D eigenvalue weighted by Gasteiger charge is 2.28. The molecule has 0 aromatic heterocycles. The number of morpholine rings is 1. The third-order valence-corrected chi connectivity index (χ3v) is 13.3. The maximum atomic E-state index is 14.5. The van der Waals surface area contributed by atoms with Crippen molar-refractivity contribution in [3.63, 3.8) is 0 Å². The summed E-state index contributed by atoms with van der Waals surface area (Å²) >= 11 is 0. The van der Waals surface area contributed by atoms with Gasteiger partial charge in [0.25, 0.3) is 0 Å². The van der Waals surface area contributed by atoms with Gasteiger partial charge in [0.1, 0.15) is 0 Å². The van der Waals surface area contributed by atoms with Crippen LogP contribution in [0.1, 0.15) is 233 Å². The van der Waals surface area contributed by atoms with Crippen LogP contribution in [0.25, 0.3) is 0 Å². The SMILES string of the molecule is CCCCCCCCCCN(CC(N)=O)C(=O)CN(CCCCCCCCCC)C(=O)CN(CCCCCCCCCC)C(=O)CN(CCCCCCCCCC)C(=O)CN1CCOCC1. The summed E-state index contributed by atoms with van der Waals surface area (Å²) in [4.78, 5) is 77.8. The first-order chi connectivity index (χ1) is 32.2. The molecule has 12 nitrogen and oxygen atoms in total. The quantitative estimate of drug-likeness (QED) is 0.0600. The fourth-order valence-corrected chi connectivity index (χ4v) is 8.94. The molecule has 66 heavy (non-hydrogen) atoms. The van der Waals surface area contributed by atoms with Crippen LogP contribution < -0.4 is 5.73 Å². The van der Waals surface area contributed by atoms with Gasteiger partial charge in [-0.2, -0.15) is 0 Å². The fraction of sp³-hybridized carbons (Fsp3) is 0.907. The molecule has 0 aromatic carbocycles. The first-order valence-corrected chi connectivity index (χ1v) is 27.9. The van der Waals surface area contributed by atoms with Gasteiger partial charge in [-0.1, -0.05) is 207 Å². The highest BCUT2D eigenvalue weighted by atomic mass is 16.5. The molecule has 0 bridgehead atoms. The topological polar surface area (TPSA) is 137 Å². The molecule has 0 radical (unpaired) electrons. The summed E-state index contributed by atoms with van der Waals surface area (Å²) in [5, 5.41) is 0. The molecule has 0 aromatic rings. The molecule has 0 unspecified atom stereocenters. The lowest BCUT2D eigenvalue weighted by Gasteiger charge is -2.32. The van der Waals surface area contributed by atoms with Crippen LogP contribution in [-0.2, 0) is 28.7 Å². The first kappa shape index (κ1) is 61.3. The Bertz CT molecular complexity index is 1220. The van der Waals surface area contributed by atoms with Crippen molar-refractivity contribution in [3.8, 4) is 0 Å². The Morgan fingerprint density at radius 3 is 0.879 bits per heavy atom. The third-order valence-electron chi connectivity index (χ3n) is 13.3. The van der Waals surface area contributed by atoms with Gasteiger partial charge in [-0.25, -0.2) is 0 Å². The Balaban J connectivity index is 3.24. The summed E-state index contributed by atoms with van der Waals surface area (Å²) in [6, 6.07) is 0. The Hall–Kier alpha value is -2.73. The number of ether oxygens (including phenoxy) is 1. The normalized spacial score (nSPS) is 12.9. The number of nitrogens with zero attached hydrogens (tertiary/aromatic N) is 5. The summed E-state index contributed by atoms with van der Waals surface area (Å²) < 4.78 is 5.54. The molecule has 5 amide bonds. The van der Waals surface area contributed by atoms with Crippen molar-refractivity contribution in [2.75, 3.05) is 85.2 Å². The number of hydrogen-bond acceptors (Lipinski definition) is 7. The average molecular weight is 933 g/mol. The Kier molecular flexibility index (Phi) is 40.4. The molecular weight excluding hydrogens is 829 g/mol. The van der Waals surface area contributed by atoms with Gasteiger partial charge in [0.05, 0.1) is 45.9 Å². The van der Waals surface area contributed by atoms with E-state index in [1.165, 1.54) is 114 Å². The molecule has 1 heterocycles. The van der Waals surface area contributed by atoms with Gasteiger partial charge in [-0.05, 0) is 25.7 Å². The van der Waals surface area contributed by atoms with E-state index < -0.39 is 5.91 Å². The first-order valence-electron chi connectivity index (χ1n) is 27.9. The molecule has 1 saturated heterocycles. The van der Waals surface area contributed by atoms with Crippen molar-refractivity contribution >= 4 is 29.5 Å². The van der Waals surface area contributed by atoms with Gasteiger partial charge in [-0.3, -0.25) is 28.9 Å². The molecule has 1 aliphatic rings. The summed E-state index contributed by atoms with van der Waals surface area (Å²) in [6.07, 6.45) is 35.8. The molecule has 0 atom stereocenters. The maximum absolute atomic E-state index is 14.5. The lowest BCUT2D eigenvalue weighted by molar-refractivity contribution is -0.147. The van der Waals surface area contributed by atoms with Crippen LogP contribution in [-0.4, -0.2) is 139 Å². The van der Waals surface area contributed by atoms with Crippen LogP contribution in [0.15, 0.2) is 0 Å². The Morgan fingerprint density at radius 2 is 0.606 bits per heavy atom. The van der Waals surface area contributed by atoms with Crippen molar-refractivity contribution in [3.05, 3.63) is 0 Å².